The summed E-state index contributed by atoms with van der Waals surface area (Å²) in [6.45, 7) is 1.59. The van der Waals surface area contributed by atoms with Gasteiger partial charge in [-0.15, -0.1) is 0 Å². The Kier molecular flexibility index (Phi) is 3.27. The lowest BCUT2D eigenvalue weighted by molar-refractivity contribution is 0.143. The van der Waals surface area contributed by atoms with Gasteiger partial charge in [0.25, 0.3) is 0 Å². The molecule has 2 aliphatic heterocycles. The quantitative estimate of drug-likeness (QED) is 0.817. The third-order valence-electron chi connectivity index (χ3n) is 5.57. The number of pyridine rings is 1. The first kappa shape index (κ1) is 15.6. The van der Waals surface area contributed by atoms with E-state index in [0.717, 1.165) is 32.4 Å². The van der Waals surface area contributed by atoms with Gasteiger partial charge in [-0.05, 0) is 31.4 Å². The predicted molar refractivity (Wildman–Crippen MR) is 92.6 cm³/mol. The van der Waals surface area contributed by atoms with Crippen molar-refractivity contribution in [2.75, 3.05) is 18.0 Å². The Morgan fingerprint density at radius 1 is 1.31 bits per heavy atom. The average molecular weight is 359 g/mol. The molecule has 26 heavy (non-hydrogen) atoms. The minimum Gasteiger partial charge on any atom is -0.449 e. The Labute approximate surface area is 148 Å². The van der Waals surface area contributed by atoms with E-state index in [4.69, 9.17) is 5.11 Å². The number of carboxylic acid groups (broad SMARTS) is 1. The number of piperazine rings is 1. The van der Waals surface area contributed by atoms with E-state index in [9.17, 15) is 14.0 Å². The molecule has 7 nitrogen and oxygen atoms in total. The molecular formula is C18H18FN3O4. The van der Waals surface area contributed by atoms with Crippen LogP contribution in [0.4, 0.5) is 14.9 Å². The fourth-order valence-corrected chi connectivity index (χ4v) is 4.23. The van der Waals surface area contributed by atoms with Crippen molar-refractivity contribution in [3.63, 3.8) is 0 Å². The van der Waals surface area contributed by atoms with E-state index in [1.165, 1.54) is 12.3 Å². The summed E-state index contributed by atoms with van der Waals surface area (Å²) in [7, 11) is 0. The highest BCUT2D eigenvalue weighted by Crippen LogP contribution is 2.40. The van der Waals surface area contributed by atoms with E-state index in [1.54, 1.807) is 6.07 Å². The number of nitrogens with zero attached hydrogens (tertiary/aromatic N) is 2. The van der Waals surface area contributed by atoms with Gasteiger partial charge < -0.3 is 24.6 Å². The highest BCUT2D eigenvalue weighted by molar-refractivity contribution is 5.85. The number of benzene rings is 1. The third kappa shape index (κ3) is 2.36. The molecule has 0 spiro atoms. The topological polar surface area (TPSA) is 83.8 Å². The third-order valence-corrected chi connectivity index (χ3v) is 5.57. The molecule has 1 aromatic heterocycles. The molecule has 3 aliphatic rings. The second kappa shape index (κ2) is 5.44. The lowest BCUT2D eigenvalue weighted by Gasteiger charge is -2.30. The standard InChI is InChI=1S/C18H18FN3O4/c19-13-4-12-14(5-15(13)21-7-9-3-11(21)6-20-9)22(10-1-2-10)8-16(17(12)23)26-18(24)25/h4-5,8-11,20H,1-3,6-7H2,(H,24,25)/t9-,11-/m0/s1. The van der Waals surface area contributed by atoms with Gasteiger partial charge in [0, 0.05) is 31.2 Å². The molecule has 0 unspecified atom stereocenters. The number of carbonyl (C=O) groups is 1. The summed E-state index contributed by atoms with van der Waals surface area (Å²) in [6.07, 6.45) is 2.76. The van der Waals surface area contributed by atoms with Crippen LogP contribution >= 0.6 is 0 Å². The van der Waals surface area contributed by atoms with E-state index in [2.05, 4.69) is 15.0 Å². The fourth-order valence-electron chi connectivity index (χ4n) is 4.23. The maximum absolute atomic E-state index is 14.9. The average Bonchev–Trinajstić information content (AvgIpc) is 3.23. The van der Waals surface area contributed by atoms with Crippen molar-refractivity contribution in [2.45, 2.75) is 37.4 Å². The second-order valence-electron chi connectivity index (χ2n) is 7.30. The lowest BCUT2D eigenvalue weighted by Crippen LogP contribution is -2.44. The van der Waals surface area contributed by atoms with Crippen LogP contribution in [0, 0.1) is 5.82 Å². The van der Waals surface area contributed by atoms with Gasteiger partial charge >= 0.3 is 6.16 Å². The van der Waals surface area contributed by atoms with Crippen LogP contribution in [0.3, 0.4) is 0 Å². The molecule has 5 rings (SSSR count). The van der Waals surface area contributed by atoms with Crippen molar-refractivity contribution in [1.82, 2.24) is 9.88 Å². The number of fused-ring (bicyclic) bond motifs is 3. The molecule has 2 atom stereocenters. The van der Waals surface area contributed by atoms with Gasteiger partial charge in [-0.3, -0.25) is 4.79 Å². The first-order valence-corrected chi connectivity index (χ1v) is 8.80. The molecule has 2 N–H and O–H groups in total. The highest BCUT2D eigenvalue weighted by Gasteiger charge is 2.39. The molecule has 0 amide bonds. The predicted octanol–water partition coefficient (Wildman–Crippen LogP) is 2.08. The van der Waals surface area contributed by atoms with Gasteiger partial charge in [0.2, 0.25) is 5.43 Å². The van der Waals surface area contributed by atoms with Crippen molar-refractivity contribution in [3.05, 3.63) is 34.4 Å². The summed E-state index contributed by atoms with van der Waals surface area (Å²) in [5.74, 6) is -0.745. The first-order chi connectivity index (χ1) is 12.5. The molecule has 136 valence electrons. The van der Waals surface area contributed by atoms with E-state index < -0.39 is 17.4 Å². The van der Waals surface area contributed by atoms with Crippen LogP contribution < -0.4 is 20.4 Å². The summed E-state index contributed by atoms with van der Waals surface area (Å²) in [5.41, 5.74) is 0.531. The first-order valence-electron chi connectivity index (χ1n) is 8.80. The van der Waals surface area contributed by atoms with E-state index >= 15 is 0 Å². The van der Waals surface area contributed by atoms with Crippen LogP contribution in [0.25, 0.3) is 10.9 Å². The van der Waals surface area contributed by atoms with Crippen molar-refractivity contribution in [3.8, 4) is 5.75 Å². The molecule has 2 bridgehead atoms. The number of rotatable bonds is 3. The number of nitrogens with one attached hydrogen (secondary N) is 1. The van der Waals surface area contributed by atoms with Gasteiger partial charge in [0.05, 0.1) is 22.8 Å². The maximum Gasteiger partial charge on any atom is 0.511 e. The summed E-state index contributed by atoms with van der Waals surface area (Å²) in [4.78, 5) is 25.5. The molecule has 0 radical (unpaired) electrons. The minimum atomic E-state index is -1.55. The van der Waals surface area contributed by atoms with E-state index in [1.807, 2.05) is 4.57 Å². The van der Waals surface area contributed by atoms with Crippen LogP contribution in [0.5, 0.6) is 5.75 Å². The molecule has 3 heterocycles. The van der Waals surface area contributed by atoms with Gasteiger partial charge in [-0.1, -0.05) is 0 Å². The summed E-state index contributed by atoms with van der Waals surface area (Å²) in [5, 5.41) is 12.4. The van der Waals surface area contributed by atoms with Gasteiger partial charge in [-0.25, -0.2) is 9.18 Å². The van der Waals surface area contributed by atoms with Gasteiger partial charge in [0.1, 0.15) is 5.82 Å². The summed E-state index contributed by atoms with van der Waals surface area (Å²) in [6, 6.07) is 3.79. The molecule has 1 aromatic carbocycles. The van der Waals surface area contributed by atoms with Crippen LogP contribution in [-0.2, 0) is 0 Å². The van der Waals surface area contributed by atoms with Crippen LogP contribution in [0.2, 0.25) is 0 Å². The number of ether oxygens (including phenoxy) is 1. The summed E-state index contributed by atoms with van der Waals surface area (Å²) < 4.78 is 21.3. The van der Waals surface area contributed by atoms with Crippen molar-refractivity contribution in [1.29, 1.82) is 0 Å². The Morgan fingerprint density at radius 2 is 2.12 bits per heavy atom. The molecule has 3 fully saturated rings. The van der Waals surface area contributed by atoms with Crippen LogP contribution in [0.15, 0.2) is 23.1 Å². The fraction of sp³-hybridized carbons (Fsp3) is 0.444. The number of anilines is 1. The van der Waals surface area contributed by atoms with E-state index in [0.29, 0.717) is 17.2 Å². The van der Waals surface area contributed by atoms with Crippen LogP contribution in [-0.4, -0.2) is 41.0 Å². The largest absolute Gasteiger partial charge is 0.511 e. The molecule has 2 aromatic rings. The molecule has 8 heteroatoms. The zero-order valence-corrected chi connectivity index (χ0v) is 13.9. The Balaban J connectivity index is 1.69. The van der Waals surface area contributed by atoms with Gasteiger partial charge in [-0.2, -0.15) is 0 Å². The SMILES string of the molecule is O=C(O)Oc1cn(C2CC2)c2cc(N3C[C@@H]4C[C@H]3CN4)c(F)cc2c1=O. The monoisotopic (exact) mass is 359 g/mol. The number of halogens is 1. The van der Waals surface area contributed by atoms with Crippen molar-refractivity contribution >= 4 is 22.7 Å². The minimum absolute atomic E-state index is 0.152. The lowest BCUT2D eigenvalue weighted by atomic mass is 10.1. The molecule has 1 aliphatic carbocycles. The Morgan fingerprint density at radius 3 is 2.73 bits per heavy atom. The summed E-state index contributed by atoms with van der Waals surface area (Å²) >= 11 is 0. The highest BCUT2D eigenvalue weighted by atomic mass is 19.1. The molecule has 1 saturated carbocycles. The number of hydrogen-bond donors (Lipinski definition) is 2. The van der Waals surface area contributed by atoms with Crippen LogP contribution in [0.1, 0.15) is 25.3 Å². The number of aromatic nitrogens is 1. The van der Waals surface area contributed by atoms with Gasteiger partial charge in [0.15, 0.2) is 5.75 Å². The number of hydrogen-bond acceptors (Lipinski definition) is 5. The molecule has 2 saturated heterocycles. The van der Waals surface area contributed by atoms with Crippen molar-refractivity contribution in [2.24, 2.45) is 0 Å². The maximum atomic E-state index is 14.9. The zero-order valence-electron chi connectivity index (χ0n) is 13.9. The smallest absolute Gasteiger partial charge is 0.449 e. The normalized spacial score (nSPS) is 24.4. The molecular weight excluding hydrogens is 341 g/mol. The Hall–Kier alpha value is -2.61. The second-order valence-corrected chi connectivity index (χ2v) is 7.30. The Bertz CT molecular complexity index is 985. The zero-order chi connectivity index (χ0) is 18.0. The van der Waals surface area contributed by atoms with Crippen molar-refractivity contribution < 1.29 is 19.0 Å². The van der Waals surface area contributed by atoms with E-state index in [-0.39, 0.29) is 23.2 Å².